The van der Waals surface area contributed by atoms with Crippen molar-refractivity contribution in [1.82, 2.24) is 14.9 Å². The van der Waals surface area contributed by atoms with Gasteiger partial charge in [0.1, 0.15) is 5.82 Å². The molecule has 90 valence electrons. The van der Waals surface area contributed by atoms with Crippen LogP contribution in [0.2, 0.25) is 5.02 Å². The van der Waals surface area contributed by atoms with Crippen LogP contribution in [0.1, 0.15) is 23.4 Å². The first-order valence-electron chi connectivity index (χ1n) is 5.18. The van der Waals surface area contributed by atoms with Crippen LogP contribution in [0.4, 0.5) is 4.39 Å². The van der Waals surface area contributed by atoms with E-state index in [1.54, 1.807) is 12.3 Å². The highest BCUT2D eigenvalue weighted by molar-refractivity contribution is 7.05. The topological polar surface area (TPSA) is 37.8 Å². The third-order valence-electron chi connectivity index (χ3n) is 2.34. The van der Waals surface area contributed by atoms with E-state index in [4.69, 9.17) is 11.6 Å². The molecule has 1 unspecified atom stereocenters. The third-order valence-corrected chi connectivity index (χ3v) is 3.41. The molecule has 0 amide bonds. The summed E-state index contributed by atoms with van der Waals surface area (Å²) < 4.78 is 17.1. The molecular formula is C11H11ClFN3S. The lowest BCUT2D eigenvalue weighted by Gasteiger charge is -2.17. The van der Waals surface area contributed by atoms with Gasteiger partial charge in [-0.15, -0.1) is 5.10 Å². The van der Waals surface area contributed by atoms with Gasteiger partial charge >= 0.3 is 0 Å². The maximum Gasteiger partial charge on any atom is 0.123 e. The summed E-state index contributed by atoms with van der Waals surface area (Å²) in [6.45, 7) is 2.73. The third kappa shape index (κ3) is 2.80. The lowest BCUT2D eigenvalue weighted by Crippen LogP contribution is -2.21. The Morgan fingerprint density at radius 1 is 1.53 bits per heavy atom. The Morgan fingerprint density at radius 2 is 2.35 bits per heavy atom. The van der Waals surface area contributed by atoms with E-state index in [0.717, 1.165) is 11.4 Å². The zero-order chi connectivity index (χ0) is 12.3. The molecule has 6 heteroatoms. The number of hydrogen-bond acceptors (Lipinski definition) is 4. The van der Waals surface area contributed by atoms with Gasteiger partial charge in [0.2, 0.25) is 0 Å². The quantitative estimate of drug-likeness (QED) is 0.929. The van der Waals surface area contributed by atoms with Crippen molar-refractivity contribution in [3.8, 4) is 0 Å². The number of benzene rings is 1. The largest absolute Gasteiger partial charge is 0.306 e. The maximum absolute atomic E-state index is 13.3. The van der Waals surface area contributed by atoms with Crippen molar-refractivity contribution in [1.29, 1.82) is 0 Å². The van der Waals surface area contributed by atoms with Crippen LogP contribution in [-0.4, -0.2) is 16.1 Å². The van der Waals surface area contributed by atoms with Crippen molar-refractivity contribution >= 4 is 23.1 Å². The van der Waals surface area contributed by atoms with Gasteiger partial charge in [-0.1, -0.05) is 23.0 Å². The molecule has 0 bridgehead atoms. The van der Waals surface area contributed by atoms with Gasteiger partial charge in [0, 0.05) is 5.02 Å². The molecule has 1 aromatic heterocycles. The Bertz CT molecular complexity index is 489. The number of nitrogens with zero attached hydrogens (tertiary/aromatic N) is 2. The van der Waals surface area contributed by atoms with Crippen LogP contribution < -0.4 is 5.32 Å². The van der Waals surface area contributed by atoms with Gasteiger partial charge in [0.15, 0.2) is 0 Å². The minimum Gasteiger partial charge on any atom is -0.306 e. The van der Waals surface area contributed by atoms with Gasteiger partial charge in [-0.2, -0.15) is 0 Å². The normalized spacial score (nSPS) is 12.6. The SMILES string of the molecule is CCNC(c1cnns1)c1cc(F)ccc1Cl. The van der Waals surface area contributed by atoms with Gasteiger partial charge in [0.05, 0.1) is 17.1 Å². The van der Waals surface area contributed by atoms with Gasteiger partial charge < -0.3 is 5.32 Å². The van der Waals surface area contributed by atoms with Crippen molar-refractivity contribution in [2.24, 2.45) is 0 Å². The molecule has 0 saturated carbocycles. The molecule has 0 aliphatic carbocycles. The van der Waals surface area contributed by atoms with Crippen LogP contribution in [-0.2, 0) is 0 Å². The smallest absolute Gasteiger partial charge is 0.123 e. The fourth-order valence-electron chi connectivity index (χ4n) is 1.61. The highest BCUT2D eigenvalue weighted by atomic mass is 35.5. The fraction of sp³-hybridized carbons (Fsp3) is 0.273. The molecule has 0 aliphatic heterocycles. The number of nitrogens with one attached hydrogen (secondary N) is 1. The van der Waals surface area contributed by atoms with E-state index in [0.29, 0.717) is 10.6 Å². The van der Waals surface area contributed by atoms with Crippen LogP contribution in [0.3, 0.4) is 0 Å². The second-order valence-electron chi connectivity index (χ2n) is 3.48. The molecule has 0 radical (unpaired) electrons. The molecule has 0 saturated heterocycles. The van der Waals surface area contributed by atoms with E-state index in [1.807, 2.05) is 6.92 Å². The Morgan fingerprint density at radius 3 is 3.00 bits per heavy atom. The minimum atomic E-state index is -0.301. The Balaban J connectivity index is 2.42. The monoisotopic (exact) mass is 271 g/mol. The molecule has 3 nitrogen and oxygen atoms in total. The second-order valence-corrected chi connectivity index (χ2v) is 4.70. The molecule has 0 spiro atoms. The number of aromatic nitrogens is 2. The second kappa shape index (κ2) is 5.53. The predicted molar refractivity (Wildman–Crippen MR) is 66.8 cm³/mol. The molecule has 1 heterocycles. The van der Waals surface area contributed by atoms with E-state index in [2.05, 4.69) is 14.9 Å². The molecule has 2 rings (SSSR count). The summed E-state index contributed by atoms with van der Waals surface area (Å²) in [6, 6.07) is 4.18. The highest BCUT2D eigenvalue weighted by Gasteiger charge is 2.18. The molecule has 1 N–H and O–H groups in total. The molecule has 2 aromatic rings. The van der Waals surface area contributed by atoms with E-state index >= 15 is 0 Å². The highest BCUT2D eigenvalue weighted by Crippen LogP contribution is 2.30. The summed E-state index contributed by atoms with van der Waals surface area (Å²) >= 11 is 7.38. The summed E-state index contributed by atoms with van der Waals surface area (Å²) in [5.74, 6) is -0.301. The van der Waals surface area contributed by atoms with Crippen LogP contribution in [0.25, 0.3) is 0 Å². The first-order valence-corrected chi connectivity index (χ1v) is 6.33. The first kappa shape index (κ1) is 12.4. The number of halogens is 2. The molecule has 0 fully saturated rings. The van der Waals surface area contributed by atoms with Crippen LogP contribution >= 0.6 is 23.1 Å². The molecule has 1 atom stereocenters. The average Bonchev–Trinajstić information content (AvgIpc) is 2.83. The maximum atomic E-state index is 13.3. The van der Waals surface area contributed by atoms with Crippen molar-refractivity contribution in [2.45, 2.75) is 13.0 Å². The summed E-state index contributed by atoms with van der Waals surface area (Å²) in [6.07, 6.45) is 1.67. The van der Waals surface area contributed by atoms with Gasteiger partial charge in [-0.05, 0) is 41.8 Å². The summed E-state index contributed by atoms with van der Waals surface area (Å²) in [5.41, 5.74) is 0.708. The zero-order valence-electron chi connectivity index (χ0n) is 9.15. The van der Waals surface area contributed by atoms with Crippen molar-refractivity contribution in [3.63, 3.8) is 0 Å². The lowest BCUT2D eigenvalue weighted by atomic mass is 10.1. The van der Waals surface area contributed by atoms with Crippen LogP contribution in [0, 0.1) is 5.82 Å². The van der Waals surface area contributed by atoms with Gasteiger partial charge in [-0.3, -0.25) is 0 Å². The van der Waals surface area contributed by atoms with E-state index in [9.17, 15) is 4.39 Å². The van der Waals surface area contributed by atoms with E-state index in [1.165, 1.54) is 23.7 Å². The molecule has 1 aromatic carbocycles. The summed E-state index contributed by atoms with van der Waals surface area (Å²) in [4.78, 5) is 0.916. The Kier molecular flexibility index (Phi) is 4.04. The van der Waals surface area contributed by atoms with Crippen molar-refractivity contribution < 1.29 is 4.39 Å². The van der Waals surface area contributed by atoms with E-state index < -0.39 is 0 Å². The predicted octanol–water partition coefficient (Wildman–Crippen LogP) is 3.03. The molecule has 17 heavy (non-hydrogen) atoms. The van der Waals surface area contributed by atoms with Crippen LogP contribution in [0.5, 0.6) is 0 Å². The Hall–Kier alpha value is -1.04. The molecular weight excluding hydrogens is 261 g/mol. The summed E-state index contributed by atoms with van der Waals surface area (Å²) in [7, 11) is 0. The average molecular weight is 272 g/mol. The minimum absolute atomic E-state index is 0.164. The van der Waals surface area contributed by atoms with E-state index in [-0.39, 0.29) is 11.9 Å². The van der Waals surface area contributed by atoms with Gasteiger partial charge in [-0.25, -0.2) is 4.39 Å². The van der Waals surface area contributed by atoms with Crippen molar-refractivity contribution in [3.05, 3.63) is 45.7 Å². The molecule has 0 aliphatic rings. The van der Waals surface area contributed by atoms with Crippen LogP contribution in [0.15, 0.2) is 24.4 Å². The number of rotatable bonds is 4. The zero-order valence-corrected chi connectivity index (χ0v) is 10.7. The standard InChI is InChI=1S/C11H11ClFN3S/c1-2-14-11(10-6-15-16-17-10)8-5-7(13)3-4-9(8)12/h3-6,11,14H,2H2,1H3. The fourth-order valence-corrected chi connectivity index (χ4v) is 2.43. The van der Waals surface area contributed by atoms with Crippen molar-refractivity contribution in [2.75, 3.05) is 6.54 Å². The number of hydrogen-bond donors (Lipinski definition) is 1. The Labute approximate surface area is 108 Å². The van der Waals surface area contributed by atoms with Gasteiger partial charge in [0.25, 0.3) is 0 Å². The first-order chi connectivity index (χ1) is 8.22. The lowest BCUT2D eigenvalue weighted by molar-refractivity contribution is 0.606. The summed E-state index contributed by atoms with van der Waals surface area (Å²) in [5, 5.41) is 7.58.